The van der Waals surface area contributed by atoms with E-state index in [1.807, 2.05) is 12.2 Å². The lowest BCUT2D eigenvalue weighted by Gasteiger charge is -1.97. The number of thioether (sulfide) groups is 1. The van der Waals surface area contributed by atoms with Gasteiger partial charge in [0.1, 0.15) is 5.82 Å². The first-order valence-corrected chi connectivity index (χ1v) is 6.58. The SMILES string of the molecule is CSc1ccc(C=Cc2ccc(F)cc2)cc1. The van der Waals surface area contributed by atoms with Crippen molar-refractivity contribution in [2.24, 2.45) is 0 Å². The van der Waals surface area contributed by atoms with Gasteiger partial charge in [-0.25, -0.2) is 4.39 Å². The van der Waals surface area contributed by atoms with Gasteiger partial charge in [-0.15, -0.1) is 11.8 Å². The molecule has 0 aromatic heterocycles. The van der Waals surface area contributed by atoms with Crippen molar-refractivity contribution in [1.82, 2.24) is 0 Å². The first-order chi connectivity index (χ1) is 8.28. The highest BCUT2D eigenvalue weighted by atomic mass is 32.2. The van der Waals surface area contributed by atoms with Crippen LogP contribution in [0.1, 0.15) is 11.1 Å². The first-order valence-electron chi connectivity index (χ1n) is 5.35. The highest BCUT2D eigenvalue weighted by Gasteiger charge is 1.91. The molecule has 2 rings (SSSR count). The van der Waals surface area contributed by atoms with Crippen LogP contribution in [0.2, 0.25) is 0 Å². The third kappa shape index (κ3) is 3.46. The molecule has 0 N–H and O–H groups in total. The van der Waals surface area contributed by atoms with Crippen LogP contribution in [0, 0.1) is 5.82 Å². The summed E-state index contributed by atoms with van der Waals surface area (Å²) in [4.78, 5) is 1.25. The van der Waals surface area contributed by atoms with Crippen molar-refractivity contribution in [2.75, 3.05) is 6.26 Å². The van der Waals surface area contributed by atoms with E-state index in [2.05, 4.69) is 30.5 Å². The zero-order valence-corrected chi connectivity index (χ0v) is 10.4. The van der Waals surface area contributed by atoms with Gasteiger partial charge in [-0.2, -0.15) is 0 Å². The maximum atomic E-state index is 12.7. The van der Waals surface area contributed by atoms with Crippen molar-refractivity contribution in [3.8, 4) is 0 Å². The van der Waals surface area contributed by atoms with Gasteiger partial charge in [-0.3, -0.25) is 0 Å². The molecule has 0 fully saturated rings. The van der Waals surface area contributed by atoms with Crippen LogP contribution < -0.4 is 0 Å². The van der Waals surface area contributed by atoms with Gasteiger partial charge in [0.15, 0.2) is 0 Å². The molecule has 0 unspecified atom stereocenters. The van der Waals surface area contributed by atoms with E-state index in [1.54, 1.807) is 23.9 Å². The summed E-state index contributed by atoms with van der Waals surface area (Å²) in [5.74, 6) is -0.202. The van der Waals surface area contributed by atoms with Gasteiger partial charge in [-0.05, 0) is 41.6 Å². The van der Waals surface area contributed by atoms with Crippen LogP contribution in [0.25, 0.3) is 12.2 Å². The standard InChI is InChI=1S/C15H13FS/c1-17-15-10-6-13(7-11-15)3-2-12-4-8-14(16)9-5-12/h2-11H,1H3. The molecule has 0 spiro atoms. The lowest BCUT2D eigenvalue weighted by molar-refractivity contribution is 0.628. The predicted molar refractivity (Wildman–Crippen MR) is 73.6 cm³/mol. The second kappa shape index (κ2) is 5.69. The Morgan fingerprint density at radius 1 is 0.824 bits per heavy atom. The highest BCUT2D eigenvalue weighted by molar-refractivity contribution is 7.98. The molecule has 2 aromatic rings. The summed E-state index contributed by atoms with van der Waals surface area (Å²) in [6.45, 7) is 0. The maximum absolute atomic E-state index is 12.7. The van der Waals surface area contributed by atoms with Crippen molar-refractivity contribution in [1.29, 1.82) is 0 Å². The molecule has 17 heavy (non-hydrogen) atoms. The molecule has 0 radical (unpaired) electrons. The fourth-order valence-electron chi connectivity index (χ4n) is 1.48. The lowest BCUT2D eigenvalue weighted by Crippen LogP contribution is -1.75. The Morgan fingerprint density at radius 2 is 1.29 bits per heavy atom. The van der Waals surface area contributed by atoms with Crippen molar-refractivity contribution in [3.63, 3.8) is 0 Å². The Bertz CT molecular complexity index is 497. The van der Waals surface area contributed by atoms with E-state index in [9.17, 15) is 4.39 Å². The molecule has 0 heterocycles. The van der Waals surface area contributed by atoms with Crippen LogP contribution in [0.3, 0.4) is 0 Å². The molecule has 0 amide bonds. The zero-order chi connectivity index (χ0) is 12.1. The van der Waals surface area contributed by atoms with Crippen LogP contribution >= 0.6 is 11.8 Å². The molecule has 0 atom stereocenters. The molecule has 0 nitrogen and oxygen atoms in total. The minimum absolute atomic E-state index is 0.202. The number of benzene rings is 2. The monoisotopic (exact) mass is 244 g/mol. The first kappa shape index (κ1) is 11.9. The minimum Gasteiger partial charge on any atom is -0.207 e. The molecule has 2 aromatic carbocycles. The van der Waals surface area contributed by atoms with Gasteiger partial charge in [0.25, 0.3) is 0 Å². The molecule has 0 saturated carbocycles. The van der Waals surface area contributed by atoms with E-state index < -0.39 is 0 Å². The van der Waals surface area contributed by atoms with Gasteiger partial charge < -0.3 is 0 Å². The normalized spacial score (nSPS) is 10.9. The zero-order valence-electron chi connectivity index (χ0n) is 9.56. The summed E-state index contributed by atoms with van der Waals surface area (Å²) in [7, 11) is 0. The Balaban J connectivity index is 2.11. The van der Waals surface area contributed by atoms with Crippen LogP contribution in [0.15, 0.2) is 53.4 Å². The molecule has 0 bridgehead atoms. The Hall–Kier alpha value is -1.54. The average Bonchev–Trinajstić information content (AvgIpc) is 2.39. The molecule has 0 aliphatic carbocycles. The Kier molecular flexibility index (Phi) is 3.99. The topological polar surface area (TPSA) is 0 Å². The van der Waals surface area contributed by atoms with Gasteiger partial charge in [-0.1, -0.05) is 36.4 Å². The van der Waals surface area contributed by atoms with Gasteiger partial charge in [0.05, 0.1) is 0 Å². The fraction of sp³-hybridized carbons (Fsp3) is 0.0667. The Morgan fingerprint density at radius 3 is 1.76 bits per heavy atom. The third-order valence-electron chi connectivity index (χ3n) is 2.45. The predicted octanol–water partition coefficient (Wildman–Crippen LogP) is 4.72. The fourth-order valence-corrected chi connectivity index (χ4v) is 1.89. The van der Waals surface area contributed by atoms with Gasteiger partial charge >= 0.3 is 0 Å². The van der Waals surface area contributed by atoms with Gasteiger partial charge in [0, 0.05) is 4.90 Å². The Labute approximate surface area is 105 Å². The summed E-state index contributed by atoms with van der Waals surface area (Å²) in [5.41, 5.74) is 2.15. The van der Waals surface area contributed by atoms with E-state index in [-0.39, 0.29) is 5.82 Å². The largest absolute Gasteiger partial charge is 0.207 e. The van der Waals surface area contributed by atoms with Crippen LogP contribution in [-0.2, 0) is 0 Å². The van der Waals surface area contributed by atoms with Crippen LogP contribution in [0.5, 0.6) is 0 Å². The van der Waals surface area contributed by atoms with Crippen molar-refractivity contribution >= 4 is 23.9 Å². The van der Waals surface area contributed by atoms with E-state index in [0.717, 1.165) is 11.1 Å². The molecule has 0 aliphatic heterocycles. The van der Waals surface area contributed by atoms with E-state index in [1.165, 1.54) is 17.0 Å². The quantitative estimate of drug-likeness (QED) is 0.556. The third-order valence-corrected chi connectivity index (χ3v) is 3.20. The average molecular weight is 244 g/mol. The summed E-state index contributed by atoms with van der Waals surface area (Å²) in [6, 6.07) is 14.8. The summed E-state index contributed by atoms with van der Waals surface area (Å²) < 4.78 is 12.7. The minimum atomic E-state index is -0.202. The molecular formula is C15H13FS. The lowest BCUT2D eigenvalue weighted by atomic mass is 10.1. The van der Waals surface area contributed by atoms with Crippen molar-refractivity contribution in [3.05, 3.63) is 65.5 Å². The number of halogens is 1. The van der Waals surface area contributed by atoms with Gasteiger partial charge in [0.2, 0.25) is 0 Å². The highest BCUT2D eigenvalue weighted by Crippen LogP contribution is 2.16. The molecule has 0 aliphatic rings. The number of rotatable bonds is 3. The summed E-state index contributed by atoms with van der Waals surface area (Å²) in [5, 5.41) is 0. The summed E-state index contributed by atoms with van der Waals surface area (Å²) in [6.07, 6.45) is 6.06. The van der Waals surface area contributed by atoms with Crippen molar-refractivity contribution in [2.45, 2.75) is 4.90 Å². The second-order valence-electron chi connectivity index (χ2n) is 3.66. The van der Waals surface area contributed by atoms with E-state index in [0.29, 0.717) is 0 Å². The second-order valence-corrected chi connectivity index (χ2v) is 4.54. The van der Waals surface area contributed by atoms with E-state index >= 15 is 0 Å². The molecule has 0 saturated heterocycles. The van der Waals surface area contributed by atoms with Crippen LogP contribution in [0.4, 0.5) is 4.39 Å². The maximum Gasteiger partial charge on any atom is 0.123 e. The molecular weight excluding hydrogens is 231 g/mol. The van der Waals surface area contributed by atoms with Crippen molar-refractivity contribution < 1.29 is 4.39 Å². The molecule has 2 heteroatoms. The summed E-state index contributed by atoms with van der Waals surface area (Å²) >= 11 is 1.73. The number of hydrogen-bond donors (Lipinski definition) is 0. The molecule has 86 valence electrons. The van der Waals surface area contributed by atoms with E-state index in [4.69, 9.17) is 0 Å². The number of hydrogen-bond acceptors (Lipinski definition) is 1. The van der Waals surface area contributed by atoms with Crippen LogP contribution in [-0.4, -0.2) is 6.26 Å². The smallest absolute Gasteiger partial charge is 0.123 e.